The largest absolute Gasteiger partial charge is 0.0988 e. The van der Waals surface area contributed by atoms with Crippen LogP contribution in [0.5, 0.6) is 0 Å². The van der Waals surface area contributed by atoms with Gasteiger partial charge in [0.1, 0.15) is 0 Å². The Morgan fingerprint density at radius 2 is 1.73 bits per heavy atom. The molecule has 0 unspecified atom stereocenters. The third-order valence-electron chi connectivity index (χ3n) is 2.30. The molecule has 0 rings (SSSR count). The highest BCUT2D eigenvalue weighted by Gasteiger charge is 2.01. The number of rotatable bonds is 6. The van der Waals surface area contributed by atoms with Gasteiger partial charge in [0.15, 0.2) is 0 Å². The van der Waals surface area contributed by atoms with Gasteiger partial charge in [-0.25, -0.2) is 0 Å². The van der Waals surface area contributed by atoms with E-state index in [0.29, 0.717) is 0 Å². The van der Waals surface area contributed by atoms with Crippen LogP contribution < -0.4 is 0 Å². The van der Waals surface area contributed by atoms with Crippen molar-refractivity contribution in [3.63, 3.8) is 0 Å². The topological polar surface area (TPSA) is 0 Å². The summed E-state index contributed by atoms with van der Waals surface area (Å²) in [5, 5.41) is 0. The number of hydrogen-bond acceptors (Lipinski definition) is 0. The third kappa shape index (κ3) is 7.18. The standard InChI is InChI=1S/C13H22.C2H6/c1-6-9-10-12(7-2)13(8-3)11(4)5;1-2/h7H,2,4,6,8-10H2,1,3,5H3;1-2H3/b13-12+;. The molecule has 0 aromatic heterocycles. The van der Waals surface area contributed by atoms with Crippen LogP contribution in [0.4, 0.5) is 0 Å². The molecular weight excluding hydrogens is 180 g/mol. The molecule has 0 heteroatoms. The summed E-state index contributed by atoms with van der Waals surface area (Å²) in [6, 6.07) is 0. The van der Waals surface area contributed by atoms with Gasteiger partial charge < -0.3 is 0 Å². The minimum absolute atomic E-state index is 1.07. The van der Waals surface area contributed by atoms with Gasteiger partial charge in [0.25, 0.3) is 0 Å². The lowest BCUT2D eigenvalue weighted by atomic mass is 9.96. The van der Waals surface area contributed by atoms with Crippen molar-refractivity contribution >= 4 is 0 Å². The first-order valence-corrected chi connectivity index (χ1v) is 6.17. The predicted molar refractivity (Wildman–Crippen MR) is 73.2 cm³/mol. The molecule has 0 aromatic rings. The smallest absolute Gasteiger partial charge is 0.0276 e. The van der Waals surface area contributed by atoms with Gasteiger partial charge in [-0.05, 0) is 37.3 Å². The average molecular weight is 208 g/mol. The van der Waals surface area contributed by atoms with E-state index >= 15 is 0 Å². The van der Waals surface area contributed by atoms with Crippen LogP contribution in [-0.2, 0) is 0 Å². The van der Waals surface area contributed by atoms with E-state index in [1.165, 1.54) is 29.6 Å². The third-order valence-corrected chi connectivity index (χ3v) is 2.30. The first-order chi connectivity index (χ1) is 7.17. The van der Waals surface area contributed by atoms with Gasteiger partial charge in [-0.15, -0.1) is 0 Å². The zero-order valence-corrected chi connectivity index (χ0v) is 11.3. The Morgan fingerprint density at radius 3 is 2.00 bits per heavy atom. The van der Waals surface area contributed by atoms with E-state index in [2.05, 4.69) is 33.9 Å². The second-order valence-electron chi connectivity index (χ2n) is 3.45. The van der Waals surface area contributed by atoms with Gasteiger partial charge in [-0.2, -0.15) is 0 Å². The summed E-state index contributed by atoms with van der Waals surface area (Å²) in [5.74, 6) is 0. The molecule has 0 saturated heterocycles. The van der Waals surface area contributed by atoms with Gasteiger partial charge in [0.05, 0.1) is 0 Å². The van der Waals surface area contributed by atoms with Gasteiger partial charge in [-0.3, -0.25) is 0 Å². The van der Waals surface area contributed by atoms with E-state index in [-0.39, 0.29) is 0 Å². The number of allylic oxidation sites excluding steroid dienone is 4. The summed E-state index contributed by atoms with van der Waals surface area (Å²) >= 11 is 0. The highest BCUT2D eigenvalue weighted by molar-refractivity contribution is 5.36. The monoisotopic (exact) mass is 208 g/mol. The molecule has 0 nitrogen and oxygen atoms in total. The van der Waals surface area contributed by atoms with E-state index in [1.807, 2.05) is 19.9 Å². The van der Waals surface area contributed by atoms with Crippen LogP contribution in [0.25, 0.3) is 0 Å². The Balaban J connectivity index is 0. The molecule has 0 fully saturated rings. The molecule has 0 aliphatic heterocycles. The number of hydrogen-bond donors (Lipinski definition) is 0. The molecular formula is C15H28. The minimum atomic E-state index is 1.07. The van der Waals surface area contributed by atoms with E-state index in [1.54, 1.807) is 0 Å². The van der Waals surface area contributed by atoms with Crippen LogP contribution in [0, 0.1) is 0 Å². The molecule has 0 spiro atoms. The van der Waals surface area contributed by atoms with Crippen molar-refractivity contribution in [2.24, 2.45) is 0 Å². The van der Waals surface area contributed by atoms with E-state index in [4.69, 9.17) is 0 Å². The highest BCUT2D eigenvalue weighted by atomic mass is 14.1. The molecule has 15 heavy (non-hydrogen) atoms. The van der Waals surface area contributed by atoms with E-state index < -0.39 is 0 Å². The predicted octanol–water partition coefficient (Wildman–Crippen LogP) is 5.67. The molecule has 0 radical (unpaired) electrons. The van der Waals surface area contributed by atoms with Crippen molar-refractivity contribution in [1.29, 1.82) is 0 Å². The van der Waals surface area contributed by atoms with Crippen LogP contribution in [0.15, 0.2) is 36.0 Å². The first-order valence-electron chi connectivity index (χ1n) is 6.17. The second-order valence-corrected chi connectivity index (χ2v) is 3.45. The van der Waals surface area contributed by atoms with Crippen LogP contribution in [-0.4, -0.2) is 0 Å². The SMILES string of the molecule is C=C/C(CCCC)=C(/CC)C(=C)C.CC. The lowest BCUT2D eigenvalue weighted by Gasteiger charge is -2.10. The molecule has 0 saturated carbocycles. The zero-order valence-electron chi connectivity index (χ0n) is 11.3. The van der Waals surface area contributed by atoms with Crippen LogP contribution in [0.1, 0.15) is 60.3 Å². The van der Waals surface area contributed by atoms with Gasteiger partial charge >= 0.3 is 0 Å². The molecule has 0 amide bonds. The van der Waals surface area contributed by atoms with Gasteiger partial charge in [-0.1, -0.05) is 58.9 Å². The Hall–Kier alpha value is -0.780. The molecule has 88 valence electrons. The maximum Gasteiger partial charge on any atom is -0.0276 e. The molecule has 0 bridgehead atoms. The lowest BCUT2D eigenvalue weighted by molar-refractivity contribution is 0.789. The summed E-state index contributed by atoms with van der Waals surface area (Å²) in [5.41, 5.74) is 3.97. The van der Waals surface area contributed by atoms with Crippen LogP contribution in [0.2, 0.25) is 0 Å². The van der Waals surface area contributed by atoms with E-state index in [9.17, 15) is 0 Å². The minimum Gasteiger partial charge on any atom is -0.0988 e. The Bertz CT molecular complexity index is 206. The fourth-order valence-electron chi connectivity index (χ4n) is 1.55. The Labute approximate surface area is 96.8 Å². The highest BCUT2D eigenvalue weighted by Crippen LogP contribution is 2.21. The first kappa shape index (κ1) is 16.6. The van der Waals surface area contributed by atoms with Crippen molar-refractivity contribution in [3.8, 4) is 0 Å². The van der Waals surface area contributed by atoms with Crippen LogP contribution in [0.3, 0.4) is 0 Å². The quantitative estimate of drug-likeness (QED) is 0.493. The lowest BCUT2D eigenvalue weighted by Crippen LogP contribution is -1.90. The summed E-state index contributed by atoms with van der Waals surface area (Å²) in [4.78, 5) is 0. The van der Waals surface area contributed by atoms with Gasteiger partial charge in [0, 0.05) is 0 Å². The Kier molecular flexibility index (Phi) is 12.5. The maximum absolute atomic E-state index is 4.00. The summed E-state index contributed by atoms with van der Waals surface area (Å²) in [7, 11) is 0. The second kappa shape index (κ2) is 11.3. The summed E-state index contributed by atoms with van der Waals surface area (Å²) in [6.07, 6.45) is 6.70. The summed E-state index contributed by atoms with van der Waals surface area (Å²) < 4.78 is 0. The summed E-state index contributed by atoms with van der Waals surface area (Å²) in [6.45, 7) is 18.3. The van der Waals surface area contributed by atoms with Crippen molar-refractivity contribution in [2.75, 3.05) is 0 Å². The van der Waals surface area contributed by atoms with Crippen LogP contribution >= 0.6 is 0 Å². The van der Waals surface area contributed by atoms with Crippen molar-refractivity contribution in [3.05, 3.63) is 36.0 Å². The molecule has 0 aliphatic rings. The maximum atomic E-state index is 4.00. The zero-order chi connectivity index (χ0) is 12.3. The normalized spacial score (nSPS) is 11.0. The number of unbranched alkanes of at least 4 members (excludes halogenated alkanes) is 1. The van der Waals surface area contributed by atoms with Gasteiger partial charge in [0.2, 0.25) is 0 Å². The van der Waals surface area contributed by atoms with E-state index in [0.717, 1.165) is 12.8 Å². The average Bonchev–Trinajstić information content (AvgIpc) is 2.26. The molecule has 0 atom stereocenters. The van der Waals surface area contributed by atoms with Crippen molar-refractivity contribution in [1.82, 2.24) is 0 Å². The fourth-order valence-corrected chi connectivity index (χ4v) is 1.55. The van der Waals surface area contributed by atoms with Crippen molar-refractivity contribution in [2.45, 2.75) is 60.3 Å². The molecule has 0 N–H and O–H groups in total. The molecule has 0 aliphatic carbocycles. The van der Waals surface area contributed by atoms with Crippen molar-refractivity contribution < 1.29 is 0 Å². The molecule has 0 heterocycles. The fraction of sp³-hybridized carbons (Fsp3) is 0.600. The molecule has 0 aromatic carbocycles. The Morgan fingerprint density at radius 1 is 1.20 bits per heavy atom.